The lowest BCUT2D eigenvalue weighted by Gasteiger charge is -2.07. The molecule has 0 amide bonds. The van der Waals surface area contributed by atoms with Gasteiger partial charge in [-0.25, -0.2) is 9.18 Å². The molecule has 6 nitrogen and oxygen atoms in total. The smallest absolute Gasteiger partial charge is 0.331 e. The molecule has 2 rings (SSSR count). The van der Waals surface area contributed by atoms with Crippen LogP contribution in [0.5, 0.6) is 17.2 Å². The SMILES string of the molecule is COc1ccc(OC)c(/C=C/C(=O)OCC(=O)c2ccc(OC)c(F)c2)c1. The number of hydrogen-bond acceptors (Lipinski definition) is 6. The number of rotatable bonds is 8. The van der Waals surface area contributed by atoms with Gasteiger partial charge in [0.05, 0.1) is 21.3 Å². The standard InChI is InChI=1S/C20H19FO6/c1-24-15-6-8-18(25-2)14(10-15)5-9-20(23)27-12-17(22)13-4-7-19(26-3)16(21)11-13/h4-11H,12H2,1-3H3/b9-5+. The van der Waals surface area contributed by atoms with Gasteiger partial charge in [-0.3, -0.25) is 4.79 Å². The van der Waals surface area contributed by atoms with Crippen LogP contribution in [0.25, 0.3) is 6.08 Å². The molecule has 0 aliphatic rings. The first-order valence-corrected chi connectivity index (χ1v) is 7.92. The lowest BCUT2D eigenvalue weighted by atomic mass is 10.1. The van der Waals surface area contributed by atoms with E-state index >= 15 is 0 Å². The highest BCUT2D eigenvalue weighted by Crippen LogP contribution is 2.25. The molecule has 7 heteroatoms. The monoisotopic (exact) mass is 374 g/mol. The van der Waals surface area contributed by atoms with Crippen molar-refractivity contribution in [1.82, 2.24) is 0 Å². The molecule has 0 aliphatic heterocycles. The molecule has 2 aromatic rings. The first kappa shape index (κ1) is 20.0. The second kappa shape index (κ2) is 9.38. The topological polar surface area (TPSA) is 71.1 Å². The summed E-state index contributed by atoms with van der Waals surface area (Å²) in [4.78, 5) is 23.9. The minimum absolute atomic E-state index is 0.0266. The molecule has 0 bridgehead atoms. The third-order valence-corrected chi connectivity index (χ3v) is 3.66. The van der Waals surface area contributed by atoms with Crippen LogP contribution in [0.4, 0.5) is 4.39 Å². The van der Waals surface area contributed by atoms with E-state index in [2.05, 4.69) is 0 Å². The zero-order valence-electron chi connectivity index (χ0n) is 15.2. The zero-order chi connectivity index (χ0) is 19.8. The van der Waals surface area contributed by atoms with Crippen molar-refractivity contribution < 1.29 is 32.9 Å². The van der Waals surface area contributed by atoms with Gasteiger partial charge in [-0.1, -0.05) is 0 Å². The fourth-order valence-corrected chi connectivity index (χ4v) is 2.24. The maximum Gasteiger partial charge on any atom is 0.331 e. The van der Waals surface area contributed by atoms with Gasteiger partial charge in [0.25, 0.3) is 0 Å². The molecule has 27 heavy (non-hydrogen) atoms. The molecule has 2 aromatic carbocycles. The maximum atomic E-state index is 13.6. The zero-order valence-corrected chi connectivity index (χ0v) is 15.2. The number of esters is 1. The third-order valence-electron chi connectivity index (χ3n) is 3.66. The lowest BCUT2D eigenvalue weighted by Crippen LogP contribution is -2.12. The second-order valence-corrected chi connectivity index (χ2v) is 5.32. The Kier molecular flexibility index (Phi) is 6.93. The average Bonchev–Trinajstić information content (AvgIpc) is 2.69. The maximum absolute atomic E-state index is 13.6. The number of ether oxygens (including phenoxy) is 4. The van der Waals surface area contributed by atoms with Gasteiger partial charge in [-0.15, -0.1) is 0 Å². The number of halogens is 1. The van der Waals surface area contributed by atoms with Crippen molar-refractivity contribution in [2.24, 2.45) is 0 Å². The molecule has 0 heterocycles. The van der Waals surface area contributed by atoms with Gasteiger partial charge in [-0.2, -0.15) is 0 Å². The second-order valence-electron chi connectivity index (χ2n) is 5.32. The highest BCUT2D eigenvalue weighted by molar-refractivity contribution is 5.99. The minimum atomic E-state index is -0.720. The van der Waals surface area contributed by atoms with E-state index in [1.54, 1.807) is 18.2 Å². The number of hydrogen-bond donors (Lipinski definition) is 0. The van der Waals surface area contributed by atoms with Gasteiger partial charge in [0.15, 0.2) is 24.0 Å². The fraction of sp³-hybridized carbons (Fsp3) is 0.200. The van der Waals surface area contributed by atoms with Crippen molar-refractivity contribution >= 4 is 17.8 Å². The largest absolute Gasteiger partial charge is 0.497 e. The number of Topliss-reactive ketones (excluding diaryl/α,β-unsaturated/α-hetero) is 1. The molecule has 142 valence electrons. The minimum Gasteiger partial charge on any atom is -0.497 e. The van der Waals surface area contributed by atoms with Gasteiger partial charge in [0.1, 0.15) is 11.5 Å². The summed E-state index contributed by atoms with van der Waals surface area (Å²) in [6.45, 7) is -0.510. The van der Waals surface area contributed by atoms with Gasteiger partial charge in [-0.05, 0) is 42.5 Å². The van der Waals surface area contributed by atoms with E-state index in [9.17, 15) is 14.0 Å². The van der Waals surface area contributed by atoms with E-state index in [0.717, 1.165) is 6.07 Å². The van der Waals surface area contributed by atoms with Crippen LogP contribution in [0.3, 0.4) is 0 Å². The van der Waals surface area contributed by atoms with Crippen LogP contribution in [0, 0.1) is 5.82 Å². The normalized spacial score (nSPS) is 10.5. The average molecular weight is 374 g/mol. The molecule has 0 fully saturated rings. The van der Waals surface area contributed by atoms with Crippen molar-refractivity contribution in [3.05, 3.63) is 59.4 Å². The molecule has 0 N–H and O–H groups in total. The van der Waals surface area contributed by atoms with Gasteiger partial charge < -0.3 is 18.9 Å². The van der Waals surface area contributed by atoms with Crippen LogP contribution in [0.15, 0.2) is 42.5 Å². The molecule has 0 saturated heterocycles. The van der Waals surface area contributed by atoms with Gasteiger partial charge in [0.2, 0.25) is 0 Å². The highest BCUT2D eigenvalue weighted by Gasteiger charge is 2.12. The van der Waals surface area contributed by atoms with Crippen LogP contribution < -0.4 is 14.2 Å². The van der Waals surface area contributed by atoms with E-state index in [0.29, 0.717) is 17.1 Å². The molecular weight excluding hydrogens is 355 g/mol. The molecule has 0 aliphatic carbocycles. The van der Waals surface area contributed by atoms with E-state index in [1.807, 2.05) is 0 Å². The first-order valence-electron chi connectivity index (χ1n) is 7.92. The molecule has 0 saturated carbocycles. The van der Waals surface area contributed by atoms with Crippen LogP contribution in [0.1, 0.15) is 15.9 Å². The summed E-state index contributed by atoms with van der Waals surface area (Å²) >= 11 is 0. The van der Waals surface area contributed by atoms with E-state index in [-0.39, 0.29) is 11.3 Å². The van der Waals surface area contributed by atoms with Crippen LogP contribution in [0.2, 0.25) is 0 Å². The summed E-state index contributed by atoms with van der Waals surface area (Å²) in [6, 6.07) is 8.88. The number of ketones is 1. The summed E-state index contributed by atoms with van der Waals surface area (Å²) in [7, 11) is 4.35. The Morgan fingerprint density at radius 2 is 1.67 bits per heavy atom. The predicted octanol–water partition coefficient (Wildman–Crippen LogP) is 3.29. The highest BCUT2D eigenvalue weighted by atomic mass is 19.1. The van der Waals surface area contributed by atoms with Crippen molar-refractivity contribution in [1.29, 1.82) is 0 Å². The summed E-state index contributed by atoms with van der Waals surface area (Å²) in [5, 5.41) is 0. The number of benzene rings is 2. The number of carbonyl (C=O) groups excluding carboxylic acids is 2. The fourth-order valence-electron chi connectivity index (χ4n) is 2.24. The number of methoxy groups -OCH3 is 3. The Bertz CT molecular complexity index is 860. The molecule has 0 aromatic heterocycles. The molecule has 0 spiro atoms. The summed E-state index contributed by atoms with van der Waals surface area (Å²) in [6.07, 6.45) is 2.65. The number of carbonyl (C=O) groups is 2. The Labute approximate surface area is 156 Å². The van der Waals surface area contributed by atoms with Crippen LogP contribution >= 0.6 is 0 Å². The summed E-state index contributed by atoms with van der Waals surface area (Å²) in [5.41, 5.74) is 0.692. The Morgan fingerprint density at radius 3 is 2.30 bits per heavy atom. The van der Waals surface area contributed by atoms with Crippen molar-refractivity contribution in [3.8, 4) is 17.2 Å². The van der Waals surface area contributed by atoms with E-state index < -0.39 is 24.2 Å². The van der Waals surface area contributed by atoms with Gasteiger partial charge in [0, 0.05) is 17.2 Å². The van der Waals surface area contributed by atoms with E-state index in [4.69, 9.17) is 18.9 Å². The molecule has 0 radical (unpaired) electrons. The predicted molar refractivity (Wildman–Crippen MR) is 96.8 cm³/mol. The van der Waals surface area contributed by atoms with Crippen molar-refractivity contribution in [2.45, 2.75) is 0 Å². The summed E-state index contributed by atoms with van der Waals surface area (Å²) in [5.74, 6) is -0.747. The van der Waals surface area contributed by atoms with E-state index in [1.165, 1.54) is 45.6 Å². The summed E-state index contributed by atoms with van der Waals surface area (Å²) < 4.78 is 33.7. The molecule has 0 unspecified atom stereocenters. The van der Waals surface area contributed by atoms with Gasteiger partial charge >= 0.3 is 5.97 Å². The van der Waals surface area contributed by atoms with Crippen LogP contribution in [-0.2, 0) is 9.53 Å². The van der Waals surface area contributed by atoms with Crippen molar-refractivity contribution in [2.75, 3.05) is 27.9 Å². The quantitative estimate of drug-likeness (QED) is 0.401. The third kappa shape index (κ3) is 5.31. The first-order chi connectivity index (χ1) is 13.0. The molecule has 0 atom stereocenters. The molecular formula is C20H19FO6. The Hall–Kier alpha value is -3.35. The van der Waals surface area contributed by atoms with Crippen LogP contribution in [-0.4, -0.2) is 39.7 Å². The van der Waals surface area contributed by atoms with Crippen molar-refractivity contribution in [3.63, 3.8) is 0 Å². The Balaban J connectivity index is 1.99. The lowest BCUT2D eigenvalue weighted by molar-refractivity contribution is -0.136. The Morgan fingerprint density at radius 1 is 0.963 bits per heavy atom.